The smallest absolute Gasteiger partial charge is 0.407 e. The average molecular weight is 253 g/mol. The van der Waals surface area contributed by atoms with Crippen LogP contribution < -0.4 is 20.9 Å². The van der Waals surface area contributed by atoms with Gasteiger partial charge in [-0.25, -0.2) is 10.6 Å². The molecule has 0 saturated carbocycles. The third kappa shape index (κ3) is 4.50. The van der Waals surface area contributed by atoms with E-state index in [2.05, 4.69) is 5.32 Å². The Morgan fingerprint density at radius 2 is 2.28 bits per heavy atom. The Kier molecular flexibility index (Phi) is 5.79. The van der Waals surface area contributed by atoms with Gasteiger partial charge in [-0.1, -0.05) is 6.07 Å². The highest BCUT2D eigenvalue weighted by Crippen LogP contribution is 2.18. The van der Waals surface area contributed by atoms with E-state index in [4.69, 9.17) is 15.3 Å². The SMILES string of the molecule is CCOC(=O)NCCN(N)c1cccc(OC)c1. The molecule has 0 atom stereocenters. The van der Waals surface area contributed by atoms with E-state index in [9.17, 15) is 4.79 Å². The molecule has 0 bridgehead atoms. The number of hydrogen-bond acceptors (Lipinski definition) is 5. The van der Waals surface area contributed by atoms with Crippen molar-refractivity contribution in [3.63, 3.8) is 0 Å². The van der Waals surface area contributed by atoms with Crippen LogP contribution in [0, 0.1) is 0 Å². The third-order valence-corrected chi connectivity index (χ3v) is 2.28. The maximum Gasteiger partial charge on any atom is 0.407 e. The molecule has 1 rings (SSSR count). The lowest BCUT2D eigenvalue weighted by atomic mass is 10.3. The summed E-state index contributed by atoms with van der Waals surface area (Å²) in [5, 5.41) is 4.14. The highest BCUT2D eigenvalue weighted by atomic mass is 16.5. The van der Waals surface area contributed by atoms with Gasteiger partial charge in [-0.2, -0.15) is 0 Å². The number of nitrogens with zero attached hydrogens (tertiary/aromatic N) is 1. The molecule has 0 heterocycles. The minimum Gasteiger partial charge on any atom is -0.497 e. The van der Waals surface area contributed by atoms with Crippen molar-refractivity contribution >= 4 is 11.8 Å². The summed E-state index contributed by atoms with van der Waals surface area (Å²) in [4.78, 5) is 11.0. The molecule has 0 unspecified atom stereocenters. The van der Waals surface area contributed by atoms with Crippen molar-refractivity contribution in [3.8, 4) is 5.75 Å². The predicted octanol–water partition coefficient (Wildman–Crippen LogP) is 1.12. The zero-order valence-corrected chi connectivity index (χ0v) is 10.7. The van der Waals surface area contributed by atoms with Crippen LogP contribution in [0.25, 0.3) is 0 Å². The number of nitrogens with one attached hydrogen (secondary N) is 1. The van der Waals surface area contributed by atoms with Crippen LogP contribution in [0.1, 0.15) is 6.92 Å². The van der Waals surface area contributed by atoms with Crippen LogP contribution in [-0.4, -0.2) is 32.9 Å². The Morgan fingerprint density at radius 1 is 1.50 bits per heavy atom. The second-order valence-electron chi connectivity index (χ2n) is 3.54. The second-order valence-corrected chi connectivity index (χ2v) is 3.54. The normalized spacial score (nSPS) is 9.72. The number of carbonyl (C=O) groups excluding carboxylic acids is 1. The van der Waals surface area contributed by atoms with Crippen LogP contribution >= 0.6 is 0 Å². The van der Waals surface area contributed by atoms with Gasteiger partial charge in [0.15, 0.2) is 0 Å². The number of hydrazine groups is 1. The van der Waals surface area contributed by atoms with Crippen LogP contribution in [-0.2, 0) is 4.74 Å². The van der Waals surface area contributed by atoms with Crippen LogP contribution in [0.15, 0.2) is 24.3 Å². The maximum atomic E-state index is 11.0. The number of ether oxygens (including phenoxy) is 2. The van der Waals surface area contributed by atoms with E-state index in [1.165, 1.54) is 5.01 Å². The maximum absolute atomic E-state index is 11.0. The predicted molar refractivity (Wildman–Crippen MR) is 69.6 cm³/mol. The first-order valence-corrected chi connectivity index (χ1v) is 5.74. The van der Waals surface area contributed by atoms with Gasteiger partial charge in [0.25, 0.3) is 0 Å². The summed E-state index contributed by atoms with van der Waals surface area (Å²) in [5.74, 6) is 6.60. The zero-order chi connectivity index (χ0) is 13.4. The quantitative estimate of drug-likeness (QED) is 0.587. The summed E-state index contributed by atoms with van der Waals surface area (Å²) in [7, 11) is 1.60. The Hall–Kier alpha value is -1.95. The molecular formula is C12H19N3O3. The van der Waals surface area contributed by atoms with Crippen molar-refractivity contribution < 1.29 is 14.3 Å². The lowest BCUT2D eigenvalue weighted by Crippen LogP contribution is -2.39. The molecule has 1 aromatic carbocycles. The van der Waals surface area contributed by atoms with E-state index >= 15 is 0 Å². The Morgan fingerprint density at radius 3 is 2.94 bits per heavy atom. The molecule has 0 saturated heterocycles. The van der Waals surface area contributed by atoms with Crippen molar-refractivity contribution in [1.29, 1.82) is 0 Å². The van der Waals surface area contributed by atoms with Gasteiger partial charge in [-0.15, -0.1) is 0 Å². The summed E-state index contributed by atoms with van der Waals surface area (Å²) in [6.45, 7) is 3.00. The lowest BCUT2D eigenvalue weighted by Gasteiger charge is -2.19. The number of amides is 1. The fourth-order valence-corrected chi connectivity index (χ4v) is 1.38. The number of nitrogens with two attached hydrogens (primary N) is 1. The molecule has 18 heavy (non-hydrogen) atoms. The number of rotatable bonds is 6. The van der Waals surface area contributed by atoms with Crippen molar-refractivity contribution in [2.75, 3.05) is 31.8 Å². The highest BCUT2D eigenvalue weighted by Gasteiger charge is 2.04. The monoisotopic (exact) mass is 253 g/mol. The molecule has 0 aromatic heterocycles. The number of carbonyl (C=O) groups is 1. The largest absolute Gasteiger partial charge is 0.497 e. The second kappa shape index (κ2) is 7.39. The van der Waals surface area contributed by atoms with Crippen LogP contribution in [0.5, 0.6) is 5.75 Å². The molecule has 0 aliphatic heterocycles. The van der Waals surface area contributed by atoms with E-state index in [0.29, 0.717) is 19.7 Å². The van der Waals surface area contributed by atoms with Crippen molar-refractivity contribution in [2.24, 2.45) is 5.84 Å². The molecule has 0 radical (unpaired) electrons. The number of anilines is 1. The van der Waals surface area contributed by atoms with Gasteiger partial charge in [0, 0.05) is 12.6 Å². The van der Waals surface area contributed by atoms with Gasteiger partial charge in [-0.05, 0) is 19.1 Å². The van der Waals surface area contributed by atoms with E-state index in [1.807, 2.05) is 24.3 Å². The summed E-state index contributed by atoms with van der Waals surface area (Å²) in [6, 6.07) is 7.39. The van der Waals surface area contributed by atoms with Crippen molar-refractivity contribution in [3.05, 3.63) is 24.3 Å². The third-order valence-electron chi connectivity index (χ3n) is 2.28. The summed E-state index contributed by atoms with van der Waals surface area (Å²) in [5.41, 5.74) is 0.819. The molecule has 0 aliphatic rings. The first kappa shape index (κ1) is 14.1. The van der Waals surface area contributed by atoms with E-state index in [-0.39, 0.29) is 0 Å². The molecule has 6 heteroatoms. The van der Waals surface area contributed by atoms with Crippen molar-refractivity contribution in [2.45, 2.75) is 6.92 Å². The van der Waals surface area contributed by atoms with E-state index in [0.717, 1.165) is 11.4 Å². The Bertz CT molecular complexity index is 385. The molecule has 0 spiro atoms. The minimum absolute atomic E-state index is 0.355. The van der Waals surface area contributed by atoms with Crippen LogP contribution in [0.2, 0.25) is 0 Å². The molecule has 0 fully saturated rings. The molecule has 1 amide bonds. The molecule has 100 valence electrons. The number of methoxy groups -OCH3 is 1. The van der Waals surface area contributed by atoms with Gasteiger partial charge < -0.3 is 19.8 Å². The van der Waals surface area contributed by atoms with Gasteiger partial charge in [0.1, 0.15) is 5.75 Å². The first-order valence-electron chi connectivity index (χ1n) is 5.74. The molecule has 3 N–H and O–H groups in total. The van der Waals surface area contributed by atoms with Gasteiger partial charge in [0.05, 0.1) is 25.9 Å². The van der Waals surface area contributed by atoms with Crippen LogP contribution in [0.4, 0.5) is 10.5 Å². The fourth-order valence-electron chi connectivity index (χ4n) is 1.38. The fraction of sp³-hybridized carbons (Fsp3) is 0.417. The number of alkyl carbamates (subject to hydrolysis) is 1. The van der Waals surface area contributed by atoms with Gasteiger partial charge >= 0.3 is 6.09 Å². The number of benzene rings is 1. The van der Waals surface area contributed by atoms with Crippen molar-refractivity contribution in [1.82, 2.24) is 5.32 Å². The summed E-state index contributed by atoms with van der Waals surface area (Å²) < 4.78 is 9.84. The lowest BCUT2D eigenvalue weighted by molar-refractivity contribution is 0.152. The van der Waals surface area contributed by atoms with Gasteiger partial charge in [-0.3, -0.25) is 0 Å². The van der Waals surface area contributed by atoms with E-state index < -0.39 is 6.09 Å². The highest BCUT2D eigenvalue weighted by molar-refractivity contribution is 5.67. The summed E-state index contributed by atoms with van der Waals surface area (Å²) >= 11 is 0. The zero-order valence-electron chi connectivity index (χ0n) is 10.7. The average Bonchev–Trinajstić information content (AvgIpc) is 2.39. The molecule has 0 aliphatic carbocycles. The summed E-state index contributed by atoms with van der Waals surface area (Å²) in [6.07, 6.45) is -0.434. The standard InChI is InChI=1S/C12H19N3O3/c1-3-18-12(16)14-7-8-15(13)10-5-4-6-11(9-10)17-2/h4-6,9H,3,7-8,13H2,1-2H3,(H,14,16). The Balaban J connectivity index is 2.40. The molecule has 6 nitrogen and oxygen atoms in total. The minimum atomic E-state index is -0.434. The number of hydrogen-bond donors (Lipinski definition) is 2. The topological polar surface area (TPSA) is 76.8 Å². The first-order chi connectivity index (χ1) is 8.67. The molecular weight excluding hydrogens is 234 g/mol. The Labute approximate surface area is 107 Å². The van der Waals surface area contributed by atoms with Crippen LogP contribution in [0.3, 0.4) is 0 Å². The molecule has 1 aromatic rings. The van der Waals surface area contributed by atoms with E-state index in [1.54, 1.807) is 14.0 Å². The van der Waals surface area contributed by atoms with Gasteiger partial charge in [0.2, 0.25) is 0 Å².